The third-order valence-electron chi connectivity index (χ3n) is 6.46. The third kappa shape index (κ3) is 3.51. The summed E-state index contributed by atoms with van der Waals surface area (Å²) in [5.41, 5.74) is 5.73. The topological polar surface area (TPSA) is 54.0 Å². The van der Waals surface area contributed by atoms with Crippen LogP contribution in [-0.2, 0) is 0 Å². The van der Waals surface area contributed by atoms with Gasteiger partial charge in [-0.3, -0.25) is 9.88 Å². The predicted molar refractivity (Wildman–Crippen MR) is 125 cm³/mol. The van der Waals surface area contributed by atoms with Crippen molar-refractivity contribution in [1.29, 1.82) is 0 Å². The highest BCUT2D eigenvalue weighted by molar-refractivity contribution is 5.85. The van der Waals surface area contributed by atoms with Gasteiger partial charge in [0.25, 0.3) is 0 Å². The fourth-order valence-corrected chi connectivity index (χ4v) is 4.77. The van der Waals surface area contributed by atoms with Crippen molar-refractivity contribution in [2.75, 3.05) is 31.1 Å². The molecule has 0 N–H and O–H groups in total. The molecule has 31 heavy (non-hydrogen) atoms. The maximum atomic E-state index is 12.9. The van der Waals surface area contributed by atoms with Crippen LogP contribution in [0, 0.1) is 13.8 Å². The number of aromatic nitrogens is 2. The van der Waals surface area contributed by atoms with Gasteiger partial charge in [-0.25, -0.2) is 4.79 Å². The minimum absolute atomic E-state index is 0.313. The fourth-order valence-electron chi connectivity index (χ4n) is 4.77. The number of benzene rings is 1. The van der Waals surface area contributed by atoms with Gasteiger partial charge in [-0.05, 0) is 51.6 Å². The summed E-state index contributed by atoms with van der Waals surface area (Å²) < 4.78 is 7.80. The summed E-state index contributed by atoms with van der Waals surface area (Å²) in [6.45, 7) is 12.5. The molecule has 160 valence electrons. The highest BCUT2D eigenvalue weighted by Crippen LogP contribution is 2.28. The van der Waals surface area contributed by atoms with Crippen molar-refractivity contribution in [1.82, 2.24) is 14.3 Å². The van der Waals surface area contributed by atoms with Crippen molar-refractivity contribution >= 4 is 22.2 Å². The van der Waals surface area contributed by atoms with Gasteiger partial charge in [-0.15, -0.1) is 0 Å². The van der Waals surface area contributed by atoms with E-state index in [1.807, 2.05) is 48.8 Å². The smallest absolute Gasteiger partial charge is 0.344 e. The molecule has 6 heteroatoms. The van der Waals surface area contributed by atoms with Crippen LogP contribution in [0.4, 0.5) is 5.69 Å². The first-order valence-electron chi connectivity index (χ1n) is 11.0. The van der Waals surface area contributed by atoms with E-state index in [1.165, 1.54) is 0 Å². The highest BCUT2D eigenvalue weighted by atomic mass is 16.4. The van der Waals surface area contributed by atoms with E-state index in [-0.39, 0.29) is 5.63 Å². The van der Waals surface area contributed by atoms with Crippen molar-refractivity contribution in [3.8, 4) is 11.1 Å². The number of anilines is 1. The molecule has 0 amide bonds. The van der Waals surface area contributed by atoms with Crippen LogP contribution >= 0.6 is 0 Å². The number of aryl methyl sites for hydroxylation is 2. The van der Waals surface area contributed by atoms with Gasteiger partial charge < -0.3 is 13.7 Å². The first kappa shape index (κ1) is 19.8. The van der Waals surface area contributed by atoms with Crippen LogP contribution in [0.3, 0.4) is 0 Å². The molecule has 0 saturated carbocycles. The summed E-state index contributed by atoms with van der Waals surface area (Å²) in [6.07, 6.45) is 3.94. The lowest BCUT2D eigenvalue weighted by molar-refractivity contribution is 0.199. The lowest BCUT2D eigenvalue weighted by Crippen LogP contribution is -2.51. The van der Waals surface area contributed by atoms with Gasteiger partial charge in [0, 0.05) is 60.8 Å². The van der Waals surface area contributed by atoms with Crippen LogP contribution in [0.5, 0.6) is 0 Å². The molecular formula is C25H28N4O2. The number of hydrogen-bond acceptors (Lipinski definition) is 5. The maximum Gasteiger partial charge on any atom is 0.344 e. The number of nitrogens with zero attached hydrogens (tertiary/aromatic N) is 4. The molecule has 1 aromatic carbocycles. The van der Waals surface area contributed by atoms with Crippen LogP contribution < -0.4 is 10.5 Å². The Morgan fingerprint density at radius 1 is 1.13 bits per heavy atom. The van der Waals surface area contributed by atoms with Crippen LogP contribution in [0.15, 0.2) is 51.9 Å². The quantitative estimate of drug-likeness (QED) is 0.467. The number of piperazine rings is 1. The van der Waals surface area contributed by atoms with Gasteiger partial charge >= 0.3 is 5.63 Å². The predicted octanol–water partition coefficient (Wildman–Crippen LogP) is 4.25. The molecule has 0 aliphatic carbocycles. The van der Waals surface area contributed by atoms with Crippen molar-refractivity contribution in [2.45, 2.75) is 33.7 Å². The Morgan fingerprint density at radius 2 is 1.97 bits per heavy atom. The molecule has 4 heterocycles. The van der Waals surface area contributed by atoms with Crippen LogP contribution in [0.2, 0.25) is 0 Å². The molecule has 4 aromatic rings. The Balaban J connectivity index is 1.51. The Kier molecular flexibility index (Phi) is 4.82. The minimum atomic E-state index is -0.313. The monoisotopic (exact) mass is 416 g/mol. The van der Waals surface area contributed by atoms with Gasteiger partial charge in [0.2, 0.25) is 0 Å². The third-order valence-corrected chi connectivity index (χ3v) is 6.46. The van der Waals surface area contributed by atoms with Crippen molar-refractivity contribution in [3.05, 3.63) is 64.5 Å². The van der Waals surface area contributed by atoms with E-state index in [1.54, 1.807) is 0 Å². The van der Waals surface area contributed by atoms with E-state index >= 15 is 0 Å². The Bertz CT molecular complexity index is 1340. The van der Waals surface area contributed by atoms with Gasteiger partial charge in [0.15, 0.2) is 0 Å². The van der Waals surface area contributed by atoms with Crippen molar-refractivity contribution in [3.63, 3.8) is 0 Å². The Morgan fingerprint density at radius 3 is 2.74 bits per heavy atom. The number of likely N-dealkylation sites (N-methyl/N-ethyl adjacent to an activating group) is 1. The molecular weight excluding hydrogens is 388 g/mol. The molecule has 1 saturated heterocycles. The van der Waals surface area contributed by atoms with E-state index in [2.05, 4.69) is 40.8 Å². The molecule has 0 bridgehead atoms. The van der Waals surface area contributed by atoms with E-state index < -0.39 is 0 Å². The molecule has 1 aliphatic heterocycles. The summed E-state index contributed by atoms with van der Waals surface area (Å²) in [5, 5.41) is 0.930. The first-order valence-corrected chi connectivity index (χ1v) is 11.0. The maximum absolute atomic E-state index is 12.9. The zero-order chi connectivity index (χ0) is 21.7. The Labute approximate surface area is 181 Å². The molecule has 3 aromatic heterocycles. The SMILES string of the molecule is CCN1CCN(c2ccc3cc(-c4cc5c(C)nc(C)cn5c4)c(=O)oc3c2)C[C@@H]1C. The van der Waals surface area contributed by atoms with Crippen LogP contribution in [-0.4, -0.2) is 46.5 Å². The molecule has 6 nitrogen and oxygen atoms in total. The second-order valence-corrected chi connectivity index (χ2v) is 8.58. The molecule has 1 atom stereocenters. The second kappa shape index (κ2) is 7.54. The van der Waals surface area contributed by atoms with Crippen LogP contribution in [0.25, 0.3) is 27.6 Å². The zero-order valence-electron chi connectivity index (χ0n) is 18.6. The average molecular weight is 417 g/mol. The van der Waals surface area contributed by atoms with E-state index in [4.69, 9.17) is 4.42 Å². The molecule has 1 fully saturated rings. The largest absolute Gasteiger partial charge is 0.422 e. The minimum Gasteiger partial charge on any atom is -0.422 e. The molecule has 5 rings (SSSR count). The van der Waals surface area contributed by atoms with Crippen LogP contribution in [0.1, 0.15) is 25.2 Å². The standard InChI is InChI=1S/C25H28N4O2/c1-5-27-8-9-28(14-17(27)3)21-7-6-19-10-22(25(30)31-24(19)12-21)20-11-23-18(4)26-16(2)13-29(23)15-20/h6-7,10-13,15,17H,5,8-9,14H2,1-4H3/t17-/m0/s1. The number of rotatable bonds is 3. The first-order chi connectivity index (χ1) is 14.9. The number of fused-ring (bicyclic) bond motifs is 2. The number of hydrogen-bond donors (Lipinski definition) is 0. The summed E-state index contributed by atoms with van der Waals surface area (Å²) in [6, 6.07) is 10.6. The molecule has 1 aliphatic rings. The van der Waals surface area contributed by atoms with Gasteiger partial charge in [-0.1, -0.05) is 6.92 Å². The molecule has 0 spiro atoms. The average Bonchev–Trinajstić information content (AvgIpc) is 3.17. The summed E-state index contributed by atoms with van der Waals surface area (Å²) >= 11 is 0. The highest BCUT2D eigenvalue weighted by Gasteiger charge is 2.23. The van der Waals surface area contributed by atoms with Gasteiger partial charge in [0.1, 0.15) is 5.58 Å². The van der Waals surface area contributed by atoms with Gasteiger partial charge in [-0.2, -0.15) is 0 Å². The normalized spacial score (nSPS) is 17.7. The van der Waals surface area contributed by atoms with Gasteiger partial charge in [0.05, 0.1) is 22.5 Å². The summed E-state index contributed by atoms with van der Waals surface area (Å²) in [7, 11) is 0. The lowest BCUT2D eigenvalue weighted by Gasteiger charge is -2.40. The Hall–Kier alpha value is -3.12. The van der Waals surface area contributed by atoms with E-state index in [0.29, 0.717) is 17.2 Å². The summed E-state index contributed by atoms with van der Waals surface area (Å²) in [5.74, 6) is 0. The van der Waals surface area contributed by atoms with Crippen molar-refractivity contribution < 1.29 is 4.42 Å². The zero-order valence-corrected chi connectivity index (χ0v) is 18.6. The fraction of sp³-hybridized carbons (Fsp3) is 0.360. The summed E-state index contributed by atoms with van der Waals surface area (Å²) in [4.78, 5) is 22.3. The molecule has 0 unspecified atom stereocenters. The van der Waals surface area contributed by atoms with E-state index in [0.717, 1.165) is 59.7 Å². The molecule has 0 radical (unpaired) electrons. The van der Waals surface area contributed by atoms with Crippen molar-refractivity contribution in [2.24, 2.45) is 0 Å². The lowest BCUT2D eigenvalue weighted by atomic mass is 10.1. The second-order valence-electron chi connectivity index (χ2n) is 8.58. The van der Waals surface area contributed by atoms with E-state index in [9.17, 15) is 4.79 Å².